The molecular formula is C12H10BrFN2S. The molecule has 1 aromatic heterocycles. The van der Waals surface area contributed by atoms with Crippen molar-refractivity contribution < 1.29 is 4.39 Å². The fraction of sp³-hybridized carbons (Fsp3) is 0.0833. The summed E-state index contributed by atoms with van der Waals surface area (Å²) in [6.07, 6.45) is 1.73. The van der Waals surface area contributed by atoms with Crippen LogP contribution in [-0.2, 0) is 5.75 Å². The molecule has 0 radical (unpaired) electrons. The first-order valence-corrected chi connectivity index (χ1v) is 6.71. The van der Waals surface area contributed by atoms with Crippen LogP contribution in [0.15, 0.2) is 45.9 Å². The van der Waals surface area contributed by atoms with Crippen molar-refractivity contribution in [3.8, 4) is 0 Å². The molecule has 0 fully saturated rings. The molecule has 0 aliphatic carbocycles. The maximum Gasteiger partial charge on any atom is 0.138 e. The molecule has 0 amide bonds. The second kappa shape index (κ2) is 5.51. The summed E-state index contributed by atoms with van der Waals surface area (Å²) in [5, 5.41) is 0. The summed E-state index contributed by atoms with van der Waals surface area (Å²) in [7, 11) is 0. The Morgan fingerprint density at radius 3 is 2.76 bits per heavy atom. The van der Waals surface area contributed by atoms with Crippen molar-refractivity contribution in [3.05, 3.63) is 52.5 Å². The lowest BCUT2D eigenvalue weighted by atomic mass is 10.3. The number of nitrogens with zero attached hydrogens (tertiary/aromatic N) is 1. The Kier molecular flexibility index (Phi) is 4.02. The Morgan fingerprint density at radius 2 is 2.12 bits per heavy atom. The van der Waals surface area contributed by atoms with E-state index in [0.29, 0.717) is 16.3 Å². The van der Waals surface area contributed by atoms with Gasteiger partial charge in [-0.3, -0.25) is 4.98 Å². The van der Waals surface area contributed by atoms with Gasteiger partial charge in [0.2, 0.25) is 0 Å². The number of nitrogen functional groups attached to an aromatic ring is 1. The molecule has 0 atom stereocenters. The molecule has 1 heterocycles. The van der Waals surface area contributed by atoms with Gasteiger partial charge in [0.1, 0.15) is 5.82 Å². The van der Waals surface area contributed by atoms with E-state index in [9.17, 15) is 4.39 Å². The monoisotopic (exact) mass is 312 g/mol. The molecule has 0 saturated heterocycles. The van der Waals surface area contributed by atoms with Gasteiger partial charge in [-0.15, -0.1) is 11.8 Å². The fourth-order valence-corrected chi connectivity index (χ4v) is 2.35. The third-order valence-electron chi connectivity index (χ3n) is 2.12. The second-order valence-electron chi connectivity index (χ2n) is 3.45. The Labute approximate surface area is 112 Å². The fourth-order valence-electron chi connectivity index (χ4n) is 1.28. The summed E-state index contributed by atoms with van der Waals surface area (Å²) in [5.41, 5.74) is 6.83. The highest BCUT2D eigenvalue weighted by Gasteiger charge is 2.04. The van der Waals surface area contributed by atoms with Gasteiger partial charge in [-0.25, -0.2) is 4.39 Å². The molecule has 2 N–H and O–H groups in total. The first kappa shape index (κ1) is 12.4. The summed E-state index contributed by atoms with van der Waals surface area (Å²) in [5.74, 6) is 0.348. The third kappa shape index (κ3) is 3.44. The van der Waals surface area contributed by atoms with Gasteiger partial charge in [-0.05, 0) is 46.3 Å². The van der Waals surface area contributed by atoms with Crippen molar-refractivity contribution in [3.63, 3.8) is 0 Å². The Hall–Kier alpha value is -1.07. The molecule has 0 unspecified atom stereocenters. The van der Waals surface area contributed by atoms with E-state index in [2.05, 4.69) is 20.9 Å². The minimum atomic E-state index is -0.285. The van der Waals surface area contributed by atoms with Crippen molar-refractivity contribution >= 4 is 33.4 Å². The molecule has 1 aromatic carbocycles. The van der Waals surface area contributed by atoms with Crippen molar-refractivity contribution in [2.24, 2.45) is 0 Å². The van der Waals surface area contributed by atoms with Crippen LogP contribution < -0.4 is 5.73 Å². The average molecular weight is 313 g/mol. The lowest BCUT2D eigenvalue weighted by Crippen LogP contribution is -1.90. The van der Waals surface area contributed by atoms with E-state index in [1.165, 1.54) is 17.8 Å². The van der Waals surface area contributed by atoms with Crippen LogP contribution in [0, 0.1) is 5.82 Å². The Balaban J connectivity index is 2.04. The van der Waals surface area contributed by atoms with Crippen molar-refractivity contribution in [2.45, 2.75) is 10.6 Å². The lowest BCUT2D eigenvalue weighted by Gasteiger charge is -2.03. The maximum atomic E-state index is 13.5. The lowest BCUT2D eigenvalue weighted by molar-refractivity contribution is 0.602. The Morgan fingerprint density at radius 1 is 1.29 bits per heavy atom. The molecule has 0 aliphatic heterocycles. The molecular weight excluding hydrogens is 303 g/mol. The smallest absolute Gasteiger partial charge is 0.138 e. The number of nitrogens with two attached hydrogens (primary N) is 1. The maximum absolute atomic E-state index is 13.5. The molecule has 17 heavy (non-hydrogen) atoms. The Bertz CT molecular complexity index is 516. The number of thioether (sulfide) groups is 1. The number of rotatable bonds is 3. The average Bonchev–Trinajstić information content (AvgIpc) is 2.30. The third-order valence-corrected chi connectivity index (χ3v) is 3.67. The number of halogens is 2. The highest BCUT2D eigenvalue weighted by Crippen LogP contribution is 2.26. The van der Waals surface area contributed by atoms with Gasteiger partial charge in [-0.1, -0.05) is 0 Å². The zero-order valence-electron chi connectivity index (χ0n) is 8.86. The van der Waals surface area contributed by atoms with Crippen molar-refractivity contribution in [2.75, 3.05) is 5.73 Å². The van der Waals surface area contributed by atoms with E-state index in [4.69, 9.17) is 5.73 Å². The van der Waals surface area contributed by atoms with Crippen LogP contribution in [0.25, 0.3) is 0 Å². The first-order valence-electron chi connectivity index (χ1n) is 4.93. The molecule has 5 heteroatoms. The van der Waals surface area contributed by atoms with Crippen LogP contribution in [0.2, 0.25) is 0 Å². The molecule has 0 saturated carbocycles. The van der Waals surface area contributed by atoms with Gasteiger partial charge < -0.3 is 5.73 Å². The van der Waals surface area contributed by atoms with Crippen LogP contribution >= 0.6 is 27.7 Å². The van der Waals surface area contributed by atoms with E-state index >= 15 is 0 Å². The van der Waals surface area contributed by atoms with Crippen molar-refractivity contribution in [1.29, 1.82) is 0 Å². The summed E-state index contributed by atoms with van der Waals surface area (Å²) in [6, 6.07) is 8.54. The van der Waals surface area contributed by atoms with Crippen LogP contribution in [0.1, 0.15) is 5.69 Å². The topological polar surface area (TPSA) is 38.9 Å². The molecule has 0 bridgehead atoms. The van der Waals surface area contributed by atoms with Crippen LogP contribution in [-0.4, -0.2) is 4.98 Å². The summed E-state index contributed by atoms with van der Waals surface area (Å²) in [6.45, 7) is 0. The number of anilines is 1. The quantitative estimate of drug-likeness (QED) is 0.691. The SMILES string of the molecule is Nc1ccc(SCc2ccc(Br)cn2)c(F)c1. The number of hydrogen-bond donors (Lipinski definition) is 1. The molecule has 0 spiro atoms. The zero-order valence-corrected chi connectivity index (χ0v) is 11.3. The molecule has 2 nitrogen and oxygen atoms in total. The van der Waals surface area contributed by atoms with Gasteiger partial charge in [0.05, 0.1) is 5.69 Å². The highest BCUT2D eigenvalue weighted by molar-refractivity contribution is 9.10. The predicted molar refractivity (Wildman–Crippen MR) is 72.3 cm³/mol. The number of benzene rings is 1. The van der Waals surface area contributed by atoms with E-state index in [0.717, 1.165) is 10.2 Å². The van der Waals surface area contributed by atoms with E-state index in [1.54, 1.807) is 18.3 Å². The standard InChI is InChI=1S/C12H10BrFN2S/c13-8-1-3-10(16-6-8)7-17-12-4-2-9(15)5-11(12)14/h1-6H,7,15H2. The summed E-state index contributed by atoms with van der Waals surface area (Å²) < 4.78 is 14.4. The highest BCUT2D eigenvalue weighted by atomic mass is 79.9. The van der Waals surface area contributed by atoms with E-state index < -0.39 is 0 Å². The molecule has 2 rings (SSSR count). The van der Waals surface area contributed by atoms with E-state index in [1.807, 2.05) is 12.1 Å². The van der Waals surface area contributed by atoms with Gasteiger partial charge in [0.25, 0.3) is 0 Å². The van der Waals surface area contributed by atoms with Crippen LogP contribution in [0.3, 0.4) is 0 Å². The number of hydrogen-bond acceptors (Lipinski definition) is 3. The summed E-state index contributed by atoms with van der Waals surface area (Å²) in [4.78, 5) is 4.81. The van der Waals surface area contributed by atoms with Crippen LogP contribution in [0.5, 0.6) is 0 Å². The molecule has 0 aliphatic rings. The summed E-state index contributed by atoms with van der Waals surface area (Å²) >= 11 is 4.72. The van der Waals surface area contributed by atoms with E-state index in [-0.39, 0.29) is 5.82 Å². The largest absolute Gasteiger partial charge is 0.399 e. The molecule has 88 valence electrons. The second-order valence-corrected chi connectivity index (χ2v) is 5.38. The zero-order chi connectivity index (χ0) is 12.3. The normalized spacial score (nSPS) is 10.5. The van der Waals surface area contributed by atoms with Gasteiger partial charge in [0.15, 0.2) is 0 Å². The molecule has 2 aromatic rings. The minimum absolute atomic E-state index is 0.285. The first-order chi connectivity index (χ1) is 8.15. The predicted octanol–water partition coefficient (Wildman–Crippen LogP) is 3.86. The minimum Gasteiger partial charge on any atom is -0.399 e. The van der Waals surface area contributed by atoms with Gasteiger partial charge >= 0.3 is 0 Å². The number of pyridine rings is 1. The van der Waals surface area contributed by atoms with Gasteiger partial charge in [-0.2, -0.15) is 0 Å². The number of aromatic nitrogens is 1. The van der Waals surface area contributed by atoms with Crippen LogP contribution in [0.4, 0.5) is 10.1 Å². The van der Waals surface area contributed by atoms with Crippen molar-refractivity contribution in [1.82, 2.24) is 4.98 Å². The van der Waals surface area contributed by atoms with Gasteiger partial charge in [0, 0.05) is 27.0 Å².